The van der Waals surface area contributed by atoms with Gasteiger partial charge >= 0.3 is 0 Å². The molecule has 2 nitrogen and oxygen atoms in total. The molecule has 0 saturated heterocycles. The van der Waals surface area contributed by atoms with Crippen molar-refractivity contribution in [3.63, 3.8) is 0 Å². The Hall–Kier alpha value is -2.65. The van der Waals surface area contributed by atoms with Crippen LogP contribution in [0.2, 0.25) is 0 Å². The second-order valence-electron chi connectivity index (χ2n) is 5.28. The fourth-order valence-electron chi connectivity index (χ4n) is 3.00. The third-order valence-corrected chi connectivity index (χ3v) is 4.96. The number of furan rings is 1. The van der Waals surface area contributed by atoms with Crippen LogP contribution in [-0.4, -0.2) is 4.98 Å². The molecule has 3 heteroatoms. The van der Waals surface area contributed by atoms with E-state index >= 15 is 0 Å². The number of rotatable bonds is 1. The van der Waals surface area contributed by atoms with Gasteiger partial charge < -0.3 is 4.42 Å². The van der Waals surface area contributed by atoms with Crippen LogP contribution in [0.1, 0.15) is 0 Å². The number of benzene rings is 2. The molecule has 0 saturated carbocycles. The average Bonchev–Trinajstić information content (AvgIpc) is 3.19. The first-order valence-electron chi connectivity index (χ1n) is 7.15. The fraction of sp³-hybridized carbons (Fsp3) is 0. The molecule has 0 spiro atoms. The molecule has 0 aliphatic rings. The van der Waals surface area contributed by atoms with Gasteiger partial charge in [0.25, 0.3) is 0 Å². The Labute approximate surface area is 130 Å². The largest absolute Gasteiger partial charge is 0.454 e. The van der Waals surface area contributed by atoms with E-state index in [1.807, 2.05) is 24.4 Å². The van der Waals surface area contributed by atoms with E-state index in [1.54, 1.807) is 11.3 Å². The molecule has 2 aromatic carbocycles. The summed E-state index contributed by atoms with van der Waals surface area (Å²) in [5.74, 6) is 0. The van der Waals surface area contributed by atoms with E-state index in [2.05, 4.69) is 46.8 Å². The summed E-state index contributed by atoms with van der Waals surface area (Å²) in [5, 5.41) is 5.66. The first-order valence-corrected chi connectivity index (χ1v) is 8.02. The minimum Gasteiger partial charge on any atom is -0.454 e. The second-order valence-corrected chi connectivity index (χ2v) is 6.20. The van der Waals surface area contributed by atoms with Crippen molar-refractivity contribution in [3.05, 3.63) is 66.2 Å². The average molecular weight is 301 g/mol. The maximum Gasteiger partial charge on any atom is 0.153 e. The molecule has 0 unspecified atom stereocenters. The van der Waals surface area contributed by atoms with Gasteiger partial charge in [0.2, 0.25) is 0 Å². The third-order valence-electron chi connectivity index (χ3n) is 4.03. The Morgan fingerprint density at radius 1 is 0.818 bits per heavy atom. The van der Waals surface area contributed by atoms with Crippen LogP contribution < -0.4 is 0 Å². The highest BCUT2D eigenvalue weighted by atomic mass is 32.1. The van der Waals surface area contributed by atoms with E-state index in [-0.39, 0.29) is 0 Å². The number of hydrogen-bond donors (Lipinski definition) is 0. The molecule has 0 atom stereocenters. The lowest BCUT2D eigenvalue weighted by Gasteiger charge is -2.00. The van der Waals surface area contributed by atoms with Crippen LogP contribution in [0.25, 0.3) is 43.3 Å². The Bertz CT molecular complexity index is 1120. The van der Waals surface area contributed by atoms with Crippen LogP contribution in [0.3, 0.4) is 0 Å². The predicted molar refractivity (Wildman–Crippen MR) is 92.3 cm³/mol. The normalized spacial score (nSPS) is 11.6. The van der Waals surface area contributed by atoms with Crippen LogP contribution in [-0.2, 0) is 0 Å². The first-order chi connectivity index (χ1) is 10.9. The number of fused-ring (bicyclic) bond motifs is 5. The summed E-state index contributed by atoms with van der Waals surface area (Å²) >= 11 is 1.72. The summed E-state index contributed by atoms with van der Waals surface area (Å²) in [7, 11) is 0. The topological polar surface area (TPSA) is 26.0 Å². The van der Waals surface area contributed by atoms with Crippen LogP contribution in [0.15, 0.2) is 70.6 Å². The van der Waals surface area contributed by atoms with E-state index in [0.717, 1.165) is 27.8 Å². The minimum atomic E-state index is 0.914. The lowest BCUT2D eigenvalue weighted by atomic mass is 10.1. The molecular formula is C19H11NOS. The molecule has 5 rings (SSSR count). The van der Waals surface area contributed by atoms with Crippen LogP contribution in [0.5, 0.6) is 0 Å². The van der Waals surface area contributed by atoms with E-state index in [1.165, 1.54) is 15.5 Å². The lowest BCUT2D eigenvalue weighted by molar-refractivity contribution is 0.674. The van der Waals surface area contributed by atoms with Crippen molar-refractivity contribution in [1.82, 2.24) is 4.98 Å². The number of aromatic nitrogens is 1. The van der Waals surface area contributed by atoms with Crippen molar-refractivity contribution < 1.29 is 4.42 Å². The number of hydrogen-bond acceptors (Lipinski definition) is 3. The Morgan fingerprint density at radius 2 is 1.77 bits per heavy atom. The SMILES string of the molecule is c1ccc(-c2cccc3c2oc2c3ccc3ccsc32)nc1. The molecule has 0 amide bonds. The van der Waals surface area contributed by atoms with Crippen molar-refractivity contribution in [2.24, 2.45) is 0 Å². The first kappa shape index (κ1) is 12.0. The maximum absolute atomic E-state index is 6.28. The molecule has 5 aromatic rings. The van der Waals surface area contributed by atoms with Crippen molar-refractivity contribution >= 4 is 43.4 Å². The zero-order valence-electron chi connectivity index (χ0n) is 11.6. The highest BCUT2D eigenvalue weighted by molar-refractivity contribution is 7.18. The van der Waals surface area contributed by atoms with Crippen molar-refractivity contribution in [2.75, 3.05) is 0 Å². The standard InChI is InChI=1S/C19H11NOS/c1-2-10-20-16(6-1)15-5-3-4-13-14-8-7-12-9-11-22-19(12)18(14)21-17(13)15/h1-11H. The van der Waals surface area contributed by atoms with E-state index in [0.29, 0.717) is 0 Å². The minimum absolute atomic E-state index is 0.914. The summed E-state index contributed by atoms with van der Waals surface area (Å²) in [6, 6.07) is 18.6. The number of pyridine rings is 1. The van der Waals surface area contributed by atoms with Crippen LogP contribution >= 0.6 is 11.3 Å². The molecule has 3 aromatic heterocycles. The van der Waals surface area contributed by atoms with E-state index < -0.39 is 0 Å². The predicted octanol–water partition coefficient (Wildman–Crippen LogP) is 5.86. The molecular weight excluding hydrogens is 290 g/mol. The molecule has 0 aliphatic carbocycles. The maximum atomic E-state index is 6.28. The summed E-state index contributed by atoms with van der Waals surface area (Å²) in [6.07, 6.45) is 1.81. The molecule has 0 fully saturated rings. The highest BCUT2D eigenvalue weighted by Gasteiger charge is 2.14. The molecule has 0 N–H and O–H groups in total. The number of nitrogens with zero attached hydrogens (tertiary/aromatic N) is 1. The highest BCUT2D eigenvalue weighted by Crippen LogP contribution is 2.39. The molecule has 0 bridgehead atoms. The molecule has 22 heavy (non-hydrogen) atoms. The van der Waals surface area contributed by atoms with Gasteiger partial charge in [0, 0.05) is 22.5 Å². The van der Waals surface area contributed by atoms with E-state index in [4.69, 9.17) is 4.42 Å². The van der Waals surface area contributed by atoms with Gasteiger partial charge in [-0.15, -0.1) is 11.3 Å². The quantitative estimate of drug-likeness (QED) is 0.387. The molecule has 0 radical (unpaired) electrons. The number of para-hydroxylation sites is 1. The molecule has 3 heterocycles. The van der Waals surface area contributed by atoms with E-state index in [9.17, 15) is 0 Å². The zero-order chi connectivity index (χ0) is 14.5. The monoisotopic (exact) mass is 301 g/mol. The summed E-state index contributed by atoms with van der Waals surface area (Å²) in [5.41, 5.74) is 3.87. The summed E-state index contributed by atoms with van der Waals surface area (Å²) in [6.45, 7) is 0. The van der Waals surface area contributed by atoms with Crippen LogP contribution in [0, 0.1) is 0 Å². The fourth-order valence-corrected chi connectivity index (χ4v) is 3.89. The van der Waals surface area contributed by atoms with Crippen molar-refractivity contribution in [2.45, 2.75) is 0 Å². The summed E-state index contributed by atoms with van der Waals surface area (Å²) in [4.78, 5) is 4.46. The molecule has 104 valence electrons. The molecule has 0 aliphatic heterocycles. The van der Waals surface area contributed by atoms with Crippen LogP contribution in [0.4, 0.5) is 0 Å². The Kier molecular flexibility index (Phi) is 2.40. The van der Waals surface area contributed by atoms with Gasteiger partial charge in [0.05, 0.1) is 10.4 Å². The Balaban J connectivity index is 1.96. The van der Waals surface area contributed by atoms with Gasteiger partial charge in [-0.25, -0.2) is 0 Å². The number of thiophene rings is 1. The third kappa shape index (κ3) is 1.57. The van der Waals surface area contributed by atoms with Gasteiger partial charge in [-0.05, 0) is 41.1 Å². The van der Waals surface area contributed by atoms with Gasteiger partial charge in [-0.3, -0.25) is 4.98 Å². The second kappa shape index (κ2) is 4.42. The van der Waals surface area contributed by atoms with Crippen molar-refractivity contribution in [1.29, 1.82) is 0 Å². The Morgan fingerprint density at radius 3 is 2.68 bits per heavy atom. The van der Waals surface area contributed by atoms with Gasteiger partial charge in [-0.1, -0.05) is 24.3 Å². The smallest absolute Gasteiger partial charge is 0.153 e. The van der Waals surface area contributed by atoms with Gasteiger partial charge in [-0.2, -0.15) is 0 Å². The van der Waals surface area contributed by atoms with Gasteiger partial charge in [0.1, 0.15) is 5.58 Å². The summed E-state index contributed by atoms with van der Waals surface area (Å²) < 4.78 is 7.49. The zero-order valence-corrected chi connectivity index (χ0v) is 12.4. The lowest BCUT2D eigenvalue weighted by Crippen LogP contribution is -1.81. The van der Waals surface area contributed by atoms with Gasteiger partial charge in [0.15, 0.2) is 5.58 Å². The van der Waals surface area contributed by atoms with Crippen molar-refractivity contribution in [3.8, 4) is 11.3 Å².